The molecule has 0 aromatic carbocycles. The Kier molecular flexibility index (Phi) is 8.83. The zero-order valence-electron chi connectivity index (χ0n) is 13.4. The fourth-order valence-electron chi connectivity index (χ4n) is 2.48. The van der Waals surface area contributed by atoms with E-state index in [0.717, 1.165) is 16.7 Å². The predicted octanol–water partition coefficient (Wildman–Crippen LogP) is 2.53. The molecule has 0 rings (SSSR count). The van der Waals surface area contributed by atoms with Gasteiger partial charge >= 0.3 is 0 Å². The molecule has 0 aliphatic heterocycles. The molecule has 0 aromatic rings. The predicted molar refractivity (Wildman–Crippen MR) is 87.1 cm³/mol. The molecule has 2 nitrogen and oxygen atoms in total. The van der Waals surface area contributed by atoms with Crippen molar-refractivity contribution in [2.24, 2.45) is 0 Å². The third-order valence-electron chi connectivity index (χ3n) is 4.13. The largest absolute Gasteiger partial charge is 0.293 e. The maximum absolute atomic E-state index is 4.28. The first-order valence-electron chi connectivity index (χ1n) is 7.70. The van der Waals surface area contributed by atoms with Crippen molar-refractivity contribution < 1.29 is 0 Å². The van der Waals surface area contributed by atoms with E-state index in [4.69, 9.17) is 0 Å². The molecule has 0 saturated carbocycles. The van der Waals surface area contributed by atoms with Crippen molar-refractivity contribution in [1.29, 1.82) is 0 Å². The van der Waals surface area contributed by atoms with Crippen LogP contribution in [0.25, 0.3) is 0 Å². The number of nitrogens with one attached hydrogen (secondary N) is 2. The SMILES string of the molecule is C=C([SiH3])C(CC)(NC(CC)CC)NC(CC)CC. The van der Waals surface area contributed by atoms with Crippen LogP contribution in [0.3, 0.4) is 0 Å². The van der Waals surface area contributed by atoms with Crippen molar-refractivity contribution in [2.45, 2.75) is 84.5 Å². The fraction of sp³-hybridized carbons (Fsp3) is 0.867. The number of rotatable bonds is 10. The molecule has 0 fully saturated rings. The lowest BCUT2D eigenvalue weighted by atomic mass is 10.00. The van der Waals surface area contributed by atoms with E-state index in [1.54, 1.807) is 0 Å². The normalized spacial score (nSPS) is 12.6. The second-order valence-electron chi connectivity index (χ2n) is 5.35. The first kappa shape index (κ1) is 17.9. The zero-order chi connectivity index (χ0) is 14.2. The van der Waals surface area contributed by atoms with Crippen LogP contribution in [0, 0.1) is 0 Å². The van der Waals surface area contributed by atoms with Crippen LogP contribution in [0.2, 0.25) is 0 Å². The average Bonchev–Trinajstić information content (AvgIpc) is 2.39. The van der Waals surface area contributed by atoms with E-state index in [-0.39, 0.29) is 5.66 Å². The first-order chi connectivity index (χ1) is 8.49. The van der Waals surface area contributed by atoms with Crippen LogP contribution in [0.15, 0.2) is 11.8 Å². The summed E-state index contributed by atoms with van der Waals surface area (Å²) in [5, 5.41) is 9.02. The van der Waals surface area contributed by atoms with Crippen molar-refractivity contribution >= 4 is 10.2 Å². The Hall–Kier alpha value is -0.123. The minimum Gasteiger partial charge on any atom is -0.293 e. The molecule has 0 amide bonds. The molecule has 18 heavy (non-hydrogen) atoms. The second kappa shape index (κ2) is 8.89. The lowest BCUT2D eigenvalue weighted by Crippen LogP contribution is -2.63. The second-order valence-corrected chi connectivity index (χ2v) is 6.56. The highest BCUT2D eigenvalue weighted by Crippen LogP contribution is 2.19. The summed E-state index contributed by atoms with van der Waals surface area (Å²) in [5.41, 5.74) is -0.0421. The van der Waals surface area contributed by atoms with Gasteiger partial charge in [-0.15, -0.1) is 6.58 Å². The van der Waals surface area contributed by atoms with Crippen molar-refractivity contribution in [2.75, 3.05) is 0 Å². The maximum atomic E-state index is 4.28. The van der Waals surface area contributed by atoms with E-state index < -0.39 is 0 Å². The van der Waals surface area contributed by atoms with Crippen molar-refractivity contribution in [1.82, 2.24) is 10.6 Å². The Balaban J connectivity index is 4.97. The Morgan fingerprint density at radius 2 is 1.28 bits per heavy atom. The van der Waals surface area contributed by atoms with E-state index in [2.05, 4.69) is 51.8 Å². The first-order valence-corrected chi connectivity index (χ1v) is 8.70. The van der Waals surface area contributed by atoms with Gasteiger partial charge in [0.1, 0.15) is 0 Å². The summed E-state index contributed by atoms with van der Waals surface area (Å²) in [4.78, 5) is 0. The van der Waals surface area contributed by atoms with Gasteiger partial charge in [0.05, 0.1) is 5.66 Å². The van der Waals surface area contributed by atoms with Crippen LogP contribution in [-0.4, -0.2) is 28.0 Å². The van der Waals surface area contributed by atoms with Gasteiger partial charge in [-0.25, -0.2) is 0 Å². The number of hydrogen-bond donors (Lipinski definition) is 2. The molecule has 2 N–H and O–H groups in total. The van der Waals surface area contributed by atoms with Gasteiger partial charge in [-0.05, 0) is 32.1 Å². The highest BCUT2D eigenvalue weighted by atomic mass is 28.1. The van der Waals surface area contributed by atoms with Gasteiger partial charge in [-0.2, -0.15) is 0 Å². The molecule has 0 heterocycles. The van der Waals surface area contributed by atoms with Gasteiger partial charge in [-0.3, -0.25) is 10.6 Å². The van der Waals surface area contributed by atoms with Gasteiger partial charge in [0, 0.05) is 22.3 Å². The summed E-state index contributed by atoms with van der Waals surface area (Å²) in [5.74, 6) is 0. The molecular weight excluding hydrogens is 236 g/mol. The molecule has 0 unspecified atom stereocenters. The lowest BCUT2D eigenvalue weighted by molar-refractivity contribution is 0.230. The third kappa shape index (κ3) is 4.86. The molecule has 3 heteroatoms. The molecule has 0 saturated heterocycles. The number of hydrogen-bond acceptors (Lipinski definition) is 2. The minimum absolute atomic E-state index is 0.0421. The van der Waals surface area contributed by atoms with E-state index in [1.165, 1.54) is 30.9 Å². The Morgan fingerprint density at radius 1 is 0.944 bits per heavy atom. The monoisotopic (exact) mass is 270 g/mol. The molecule has 0 aromatic heterocycles. The highest BCUT2D eigenvalue weighted by molar-refractivity contribution is 6.22. The van der Waals surface area contributed by atoms with Crippen LogP contribution < -0.4 is 10.6 Å². The van der Waals surface area contributed by atoms with Crippen LogP contribution in [0.1, 0.15) is 66.7 Å². The lowest BCUT2D eigenvalue weighted by Gasteiger charge is -2.42. The quantitative estimate of drug-likeness (QED) is 0.471. The summed E-state index contributed by atoms with van der Waals surface area (Å²) in [6, 6.07) is 1.16. The molecule has 0 aliphatic carbocycles. The molecule has 0 bridgehead atoms. The van der Waals surface area contributed by atoms with Gasteiger partial charge in [0.15, 0.2) is 0 Å². The van der Waals surface area contributed by atoms with Gasteiger partial charge in [-0.1, -0.05) is 39.8 Å². The molecule has 0 spiro atoms. The van der Waals surface area contributed by atoms with Crippen molar-refractivity contribution in [3.8, 4) is 0 Å². The smallest absolute Gasteiger partial charge is 0.0862 e. The zero-order valence-corrected chi connectivity index (χ0v) is 15.4. The topological polar surface area (TPSA) is 24.1 Å². The van der Waals surface area contributed by atoms with E-state index in [1.807, 2.05) is 0 Å². The summed E-state index contributed by atoms with van der Waals surface area (Å²) < 4.78 is 0. The third-order valence-corrected chi connectivity index (χ3v) is 4.98. The van der Waals surface area contributed by atoms with E-state index in [9.17, 15) is 0 Å². The standard InChI is InChI=1S/C15H34N2Si/c1-7-13(8-2)16-15(11-5,12(6)18)17-14(9-3)10-4/h13-14,16-17H,6-11H2,1-5,18H3. The summed E-state index contributed by atoms with van der Waals surface area (Å²) in [6.07, 6.45) is 5.78. The van der Waals surface area contributed by atoms with Crippen molar-refractivity contribution in [3.05, 3.63) is 11.8 Å². The molecule has 108 valence electrons. The van der Waals surface area contributed by atoms with Crippen LogP contribution >= 0.6 is 0 Å². The van der Waals surface area contributed by atoms with Gasteiger partial charge < -0.3 is 0 Å². The summed E-state index contributed by atoms with van der Waals surface area (Å²) >= 11 is 0. The maximum Gasteiger partial charge on any atom is 0.0862 e. The Labute approximate surface area is 117 Å². The van der Waals surface area contributed by atoms with Crippen LogP contribution in [0.4, 0.5) is 0 Å². The van der Waals surface area contributed by atoms with E-state index >= 15 is 0 Å². The van der Waals surface area contributed by atoms with Crippen LogP contribution in [-0.2, 0) is 0 Å². The molecular formula is C15H34N2Si. The highest BCUT2D eigenvalue weighted by Gasteiger charge is 2.31. The minimum atomic E-state index is -0.0421. The van der Waals surface area contributed by atoms with Crippen LogP contribution in [0.5, 0.6) is 0 Å². The van der Waals surface area contributed by atoms with Crippen molar-refractivity contribution in [3.63, 3.8) is 0 Å². The average molecular weight is 271 g/mol. The molecule has 0 atom stereocenters. The Morgan fingerprint density at radius 3 is 1.44 bits per heavy atom. The van der Waals surface area contributed by atoms with Gasteiger partial charge in [0.2, 0.25) is 0 Å². The Bertz CT molecular complexity index is 219. The fourth-order valence-corrected chi connectivity index (χ4v) is 3.12. The van der Waals surface area contributed by atoms with E-state index in [0.29, 0.717) is 12.1 Å². The van der Waals surface area contributed by atoms with Gasteiger partial charge in [0.25, 0.3) is 0 Å². The molecule has 0 aliphatic rings. The summed E-state index contributed by atoms with van der Waals surface area (Å²) in [7, 11) is 1.04. The summed E-state index contributed by atoms with van der Waals surface area (Å²) in [6.45, 7) is 15.6. The molecule has 0 radical (unpaired) electrons.